The number of nitrogens with one attached hydrogen (secondary N) is 2. The number of benzene rings is 5. The number of hydrogen-bond acceptors (Lipinski definition) is 6. The molecule has 8 nitrogen and oxygen atoms in total. The molecule has 2 aliphatic heterocycles. The maximum atomic E-state index is 12.8. The van der Waals surface area contributed by atoms with Crippen LogP contribution in [-0.2, 0) is 22.6 Å². The van der Waals surface area contributed by atoms with E-state index in [0.717, 1.165) is 65.2 Å². The molecule has 262 valence electrons. The van der Waals surface area contributed by atoms with E-state index in [4.69, 9.17) is 14.2 Å². The van der Waals surface area contributed by atoms with Gasteiger partial charge >= 0.3 is 6.03 Å². The number of hydrogen-bond donors (Lipinski definition) is 3. The van der Waals surface area contributed by atoms with E-state index < -0.39 is 6.29 Å². The van der Waals surface area contributed by atoms with Crippen molar-refractivity contribution in [3.05, 3.63) is 150 Å². The van der Waals surface area contributed by atoms with Crippen molar-refractivity contribution >= 4 is 11.7 Å². The van der Waals surface area contributed by atoms with Crippen LogP contribution in [0.25, 0.3) is 11.1 Å². The van der Waals surface area contributed by atoms with Crippen LogP contribution in [0.1, 0.15) is 60.3 Å². The number of rotatable bonds is 11. The predicted octanol–water partition coefficient (Wildman–Crippen LogP) is 8.99. The molecule has 2 heterocycles. The van der Waals surface area contributed by atoms with Gasteiger partial charge in [0.1, 0.15) is 11.5 Å². The normalized spacial score (nSPS) is 19.3. The molecule has 3 N–H and O–H groups in total. The summed E-state index contributed by atoms with van der Waals surface area (Å²) >= 11 is 0. The van der Waals surface area contributed by atoms with Gasteiger partial charge in [0.15, 0.2) is 6.29 Å². The largest absolute Gasteiger partial charge is 0.457 e. The Labute approximate surface area is 300 Å². The Morgan fingerprint density at radius 1 is 0.745 bits per heavy atom. The van der Waals surface area contributed by atoms with Crippen LogP contribution in [0.2, 0.25) is 0 Å². The van der Waals surface area contributed by atoms with Crippen LogP contribution in [0.5, 0.6) is 11.5 Å². The Hall–Kier alpha value is -4.99. The molecule has 5 aromatic carbocycles. The average Bonchev–Trinajstić information content (AvgIpc) is 3.19. The minimum atomic E-state index is -0.496. The lowest BCUT2D eigenvalue weighted by Crippen LogP contribution is -2.41. The molecule has 0 radical (unpaired) electrons. The van der Waals surface area contributed by atoms with Gasteiger partial charge in [0.25, 0.3) is 0 Å². The number of carbonyl (C=O) groups is 1. The molecule has 7 rings (SSSR count). The molecule has 0 aliphatic carbocycles. The second kappa shape index (κ2) is 16.8. The number of aliphatic hydroxyl groups excluding tert-OH is 1. The number of ether oxygens (including phenoxy) is 3. The van der Waals surface area contributed by atoms with Crippen LogP contribution in [0, 0.1) is 0 Å². The zero-order valence-electron chi connectivity index (χ0n) is 28.7. The maximum absolute atomic E-state index is 12.8. The Bertz CT molecular complexity index is 1840. The first-order valence-corrected chi connectivity index (χ1v) is 17.9. The Morgan fingerprint density at radius 2 is 1.43 bits per heavy atom. The molecule has 2 aliphatic rings. The number of likely N-dealkylation sites (tertiary alicyclic amines) is 1. The summed E-state index contributed by atoms with van der Waals surface area (Å²) in [6.45, 7) is 3.51. The van der Waals surface area contributed by atoms with Gasteiger partial charge in [-0.1, -0.05) is 97.4 Å². The van der Waals surface area contributed by atoms with Crippen LogP contribution < -0.4 is 15.4 Å². The van der Waals surface area contributed by atoms with E-state index in [-0.39, 0.29) is 24.8 Å². The summed E-state index contributed by atoms with van der Waals surface area (Å²) in [6.07, 6.45) is 4.00. The van der Waals surface area contributed by atoms with Crippen molar-refractivity contribution in [1.82, 2.24) is 10.2 Å². The molecule has 0 aromatic heterocycles. The molecular weight excluding hydrogens is 638 g/mol. The van der Waals surface area contributed by atoms with Gasteiger partial charge in [0.2, 0.25) is 0 Å². The topological polar surface area (TPSA) is 92.3 Å². The number of urea groups is 1. The van der Waals surface area contributed by atoms with Crippen molar-refractivity contribution in [3.63, 3.8) is 0 Å². The monoisotopic (exact) mass is 683 g/mol. The van der Waals surface area contributed by atoms with Crippen LogP contribution in [-0.4, -0.2) is 41.8 Å². The van der Waals surface area contributed by atoms with Gasteiger partial charge in [-0.25, -0.2) is 4.79 Å². The summed E-state index contributed by atoms with van der Waals surface area (Å²) in [5, 5.41) is 15.5. The van der Waals surface area contributed by atoms with Gasteiger partial charge in [-0.2, -0.15) is 0 Å². The summed E-state index contributed by atoms with van der Waals surface area (Å²) in [6, 6.07) is 41.1. The quantitative estimate of drug-likeness (QED) is 0.129. The average molecular weight is 684 g/mol. The molecule has 0 saturated carbocycles. The molecule has 0 unspecified atom stereocenters. The standard InChI is InChI=1S/C43H45N3O5/c47-30-31-13-15-33(16-14-31)41-27-39(29-46-25-7-2-8-26-46)50-42(51-41)34-19-17-32(18-20-34)40-12-6-5-9-35(40)28-44-43(48)45-36-21-23-38(24-22-36)49-37-10-3-1-4-11-37/h1,3-6,9-24,39,41-42,47H,2,7-8,25-30H2,(H2,44,45,48)/t39-,41+,42+/m1/s1. The van der Waals surface area contributed by atoms with E-state index in [9.17, 15) is 9.90 Å². The fraction of sp³-hybridized carbons (Fsp3) is 0.279. The summed E-state index contributed by atoms with van der Waals surface area (Å²) in [5.74, 6) is 1.45. The summed E-state index contributed by atoms with van der Waals surface area (Å²) < 4.78 is 19.1. The van der Waals surface area contributed by atoms with Crippen LogP contribution >= 0.6 is 0 Å². The van der Waals surface area contributed by atoms with E-state index >= 15 is 0 Å². The molecule has 2 fully saturated rings. The van der Waals surface area contributed by atoms with Crippen molar-refractivity contribution in [1.29, 1.82) is 0 Å². The lowest BCUT2D eigenvalue weighted by Gasteiger charge is -2.39. The van der Waals surface area contributed by atoms with E-state index in [2.05, 4.69) is 58.0 Å². The van der Waals surface area contributed by atoms with Gasteiger partial charge < -0.3 is 34.9 Å². The first-order valence-electron chi connectivity index (χ1n) is 17.9. The second-order valence-corrected chi connectivity index (χ2v) is 13.2. The smallest absolute Gasteiger partial charge is 0.319 e. The number of para-hydroxylation sites is 1. The lowest BCUT2D eigenvalue weighted by molar-refractivity contribution is -0.253. The summed E-state index contributed by atoms with van der Waals surface area (Å²) in [5.41, 5.74) is 6.72. The molecule has 0 bridgehead atoms. The van der Waals surface area contributed by atoms with Crippen molar-refractivity contribution in [2.24, 2.45) is 0 Å². The Balaban J connectivity index is 0.995. The number of piperidine rings is 1. The fourth-order valence-corrected chi connectivity index (χ4v) is 6.82. The highest BCUT2D eigenvalue weighted by Crippen LogP contribution is 2.39. The highest BCUT2D eigenvalue weighted by Gasteiger charge is 2.33. The summed E-state index contributed by atoms with van der Waals surface area (Å²) in [7, 11) is 0. The third-order valence-corrected chi connectivity index (χ3v) is 9.57. The third-order valence-electron chi connectivity index (χ3n) is 9.57. The van der Waals surface area contributed by atoms with Gasteiger partial charge in [0.05, 0.1) is 18.8 Å². The fourth-order valence-electron chi connectivity index (χ4n) is 6.82. The molecule has 5 aromatic rings. The summed E-state index contributed by atoms with van der Waals surface area (Å²) in [4.78, 5) is 15.4. The van der Waals surface area contributed by atoms with Gasteiger partial charge in [-0.15, -0.1) is 0 Å². The SMILES string of the molecule is O=C(NCc1ccccc1-c1ccc([C@H]2O[C@@H](CN3CCCCC3)C[C@@H](c3ccc(CO)cc3)O2)cc1)Nc1ccc(Oc2ccccc2)cc1. The van der Waals surface area contributed by atoms with E-state index in [1.165, 1.54) is 19.3 Å². The van der Waals surface area contributed by atoms with Gasteiger partial charge in [-0.3, -0.25) is 0 Å². The molecule has 51 heavy (non-hydrogen) atoms. The first-order chi connectivity index (χ1) is 25.1. The van der Waals surface area contributed by atoms with Crippen LogP contribution in [0.3, 0.4) is 0 Å². The van der Waals surface area contributed by atoms with Crippen LogP contribution in [0.4, 0.5) is 10.5 Å². The third kappa shape index (κ3) is 9.22. The molecule has 3 atom stereocenters. The number of carbonyl (C=O) groups excluding carboxylic acids is 1. The highest BCUT2D eigenvalue weighted by molar-refractivity contribution is 5.89. The van der Waals surface area contributed by atoms with Gasteiger partial charge in [0, 0.05) is 30.8 Å². The van der Waals surface area contributed by atoms with Gasteiger partial charge in [-0.05, 0) is 90.1 Å². The van der Waals surface area contributed by atoms with E-state index in [1.54, 1.807) is 0 Å². The number of amides is 2. The molecule has 0 spiro atoms. The van der Waals surface area contributed by atoms with E-state index in [0.29, 0.717) is 18.0 Å². The molecular formula is C43H45N3O5. The number of aliphatic hydroxyl groups is 1. The minimum Gasteiger partial charge on any atom is -0.457 e. The van der Waals surface area contributed by atoms with Crippen molar-refractivity contribution in [2.75, 3.05) is 25.0 Å². The van der Waals surface area contributed by atoms with E-state index in [1.807, 2.05) is 84.9 Å². The van der Waals surface area contributed by atoms with Crippen molar-refractivity contribution < 1.29 is 24.1 Å². The minimum absolute atomic E-state index is 0.0222. The number of anilines is 1. The number of nitrogens with zero attached hydrogens (tertiary/aromatic N) is 1. The lowest BCUT2D eigenvalue weighted by atomic mass is 9.97. The Kier molecular flexibility index (Phi) is 11.4. The molecule has 2 saturated heterocycles. The predicted molar refractivity (Wildman–Crippen MR) is 199 cm³/mol. The maximum Gasteiger partial charge on any atom is 0.319 e. The zero-order valence-corrected chi connectivity index (χ0v) is 28.7. The van der Waals surface area contributed by atoms with Crippen molar-refractivity contribution in [2.45, 2.75) is 57.3 Å². The zero-order chi connectivity index (χ0) is 34.8. The Morgan fingerprint density at radius 3 is 2.18 bits per heavy atom. The molecule has 8 heteroatoms. The van der Waals surface area contributed by atoms with Crippen molar-refractivity contribution in [3.8, 4) is 22.6 Å². The van der Waals surface area contributed by atoms with Crippen LogP contribution in [0.15, 0.2) is 127 Å². The second-order valence-electron chi connectivity index (χ2n) is 13.2. The first kappa shape index (κ1) is 34.5. The highest BCUT2D eigenvalue weighted by atomic mass is 16.7. The molecule has 2 amide bonds.